The average molecular weight is 256 g/mol. The van der Waals surface area contributed by atoms with Crippen molar-refractivity contribution in [1.29, 1.82) is 0 Å². The summed E-state index contributed by atoms with van der Waals surface area (Å²) in [5.41, 5.74) is 0. The predicted molar refractivity (Wildman–Crippen MR) is 72.5 cm³/mol. The zero-order chi connectivity index (χ0) is 13.4. The van der Waals surface area contributed by atoms with Gasteiger partial charge in [0.15, 0.2) is 0 Å². The molecule has 1 rings (SSSR count). The highest BCUT2D eigenvalue weighted by atomic mass is 16.5. The van der Waals surface area contributed by atoms with E-state index in [0.29, 0.717) is 18.8 Å². The van der Waals surface area contributed by atoms with Crippen molar-refractivity contribution in [2.75, 3.05) is 6.61 Å². The zero-order valence-electron chi connectivity index (χ0n) is 12.1. The molecule has 0 saturated heterocycles. The third-order valence-corrected chi connectivity index (χ3v) is 3.68. The Morgan fingerprint density at radius 3 is 2.44 bits per heavy atom. The van der Waals surface area contributed by atoms with Gasteiger partial charge in [0.2, 0.25) is 0 Å². The maximum Gasteiger partial charge on any atom is 0.308 e. The van der Waals surface area contributed by atoms with E-state index in [1.54, 1.807) is 0 Å². The second-order valence-corrected chi connectivity index (χ2v) is 5.31. The summed E-state index contributed by atoms with van der Waals surface area (Å²) in [5.74, 6) is 0.0886. The molecule has 106 valence electrons. The molecule has 0 spiro atoms. The van der Waals surface area contributed by atoms with Crippen LogP contribution in [0, 0.1) is 5.92 Å². The van der Waals surface area contributed by atoms with Gasteiger partial charge in [0, 0.05) is 0 Å². The first kappa shape index (κ1) is 15.5. The number of carbonyl (C=O) groups excluding carboxylic acids is 1. The van der Waals surface area contributed by atoms with E-state index in [9.17, 15) is 4.79 Å². The lowest BCUT2D eigenvalue weighted by Gasteiger charge is -2.29. The van der Waals surface area contributed by atoms with Crippen LogP contribution in [0.2, 0.25) is 0 Å². The van der Waals surface area contributed by atoms with Gasteiger partial charge in [-0.1, -0.05) is 19.8 Å². The van der Waals surface area contributed by atoms with Crippen LogP contribution in [-0.4, -0.2) is 24.8 Å². The first-order valence-corrected chi connectivity index (χ1v) is 7.49. The summed E-state index contributed by atoms with van der Waals surface area (Å²) < 4.78 is 11.1. The second-order valence-electron chi connectivity index (χ2n) is 5.31. The number of rotatable bonds is 7. The molecular weight excluding hydrogens is 228 g/mol. The highest BCUT2D eigenvalue weighted by Crippen LogP contribution is 2.28. The van der Waals surface area contributed by atoms with Crippen molar-refractivity contribution in [3.63, 3.8) is 0 Å². The molecule has 1 aliphatic rings. The monoisotopic (exact) mass is 256 g/mol. The smallest absolute Gasteiger partial charge is 0.308 e. The van der Waals surface area contributed by atoms with Gasteiger partial charge in [-0.15, -0.1) is 0 Å². The molecule has 0 N–H and O–H groups in total. The van der Waals surface area contributed by atoms with Crippen molar-refractivity contribution in [3.05, 3.63) is 0 Å². The highest BCUT2D eigenvalue weighted by molar-refractivity contribution is 5.72. The number of unbranched alkanes of at least 4 members (excludes halogenated alkanes) is 1. The molecule has 1 saturated carbocycles. The van der Waals surface area contributed by atoms with E-state index < -0.39 is 0 Å². The number of ether oxygens (including phenoxy) is 2. The van der Waals surface area contributed by atoms with Gasteiger partial charge in [-0.05, 0) is 46.0 Å². The quantitative estimate of drug-likeness (QED) is 0.651. The predicted octanol–water partition coefficient (Wildman–Crippen LogP) is 3.70. The van der Waals surface area contributed by atoms with Crippen LogP contribution in [0.3, 0.4) is 0 Å². The van der Waals surface area contributed by atoms with Crippen LogP contribution in [0.5, 0.6) is 0 Å². The van der Waals surface area contributed by atoms with Crippen molar-refractivity contribution in [3.8, 4) is 0 Å². The van der Waals surface area contributed by atoms with Crippen LogP contribution < -0.4 is 0 Å². The lowest BCUT2D eigenvalue weighted by atomic mass is 9.87. The molecule has 0 aromatic heterocycles. The minimum absolute atomic E-state index is 0.0185. The fraction of sp³-hybridized carbons (Fsp3) is 0.933. The van der Waals surface area contributed by atoms with Gasteiger partial charge >= 0.3 is 5.97 Å². The van der Waals surface area contributed by atoms with E-state index in [1.165, 1.54) is 12.8 Å². The number of esters is 1. The highest BCUT2D eigenvalue weighted by Gasteiger charge is 2.28. The molecule has 0 aromatic carbocycles. The average Bonchev–Trinajstić information content (AvgIpc) is 2.37. The minimum Gasteiger partial charge on any atom is -0.466 e. The first-order chi connectivity index (χ1) is 8.67. The van der Waals surface area contributed by atoms with Crippen molar-refractivity contribution in [2.24, 2.45) is 5.92 Å². The fourth-order valence-electron chi connectivity index (χ4n) is 2.58. The van der Waals surface area contributed by atoms with E-state index in [-0.39, 0.29) is 11.9 Å². The van der Waals surface area contributed by atoms with Crippen LogP contribution in [0.1, 0.15) is 65.7 Å². The summed E-state index contributed by atoms with van der Waals surface area (Å²) in [7, 11) is 0. The van der Waals surface area contributed by atoms with Crippen molar-refractivity contribution in [1.82, 2.24) is 0 Å². The summed E-state index contributed by atoms with van der Waals surface area (Å²) in [5, 5.41) is 0. The van der Waals surface area contributed by atoms with E-state index in [0.717, 1.165) is 32.1 Å². The van der Waals surface area contributed by atoms with E-state index >= 15 is 0 Å². The Kier molecular flexibility index (Phi) is 7.33. The van der Waals surface area contributed by atoms with Gasteiger partial charge in [0.05, 0.1) is 24.7 Å². The molecule has 1 aliphatic carbocycles. The third kappa shape index (κ3) is 5.38. The SMILES string of the molecule is CCCCC(C)OC1CCC(C(=O)OCC)CC1. The Labute approximate surface area is 111 Å². The standard InChI is InChI=1S/C15H28O3/c1-4-6-7-12(3)18-14-10-8-13(9-11-14)15(16)17-5-2/h12-14H,4-11H2,1-3H3. The number of hydrogen-bond donors (Lipinski definition) is 0. The summed E-state index contributed by atoms with van der Waals surface area (Å²) in [6, 6.07) is 0. The Bertz CT molecular complexity index is 232. The maximum absolute atomic E-state index is 11.6. The second kappa shape index (κ2) is 8.52. The lowest BCUT2D eigenvalue weighted by molar-refractivity contribution is -0.150. The van der Waals surface area contributed by atoms with E-state index in [2.05, 4.69) is 13.8 Å². The minimum atomic E-state index is -0.0185. The topological polar surface area (TPSA) is 35.5 Å². The van der Waals surface area contributed by atoms with Gasteiger partial charge in [-0.25, -0.2) is 0 Å². The van der Waals surface area contributed by atoms with Gasteiger partial charge in [-0.2, -0.15) is 0 Å². The molecule has 0 aromatic rings. The van der Waals surface area contributed by atoms with Crippen molar-refractivity contribution < 1.29 is 14.3 Å². The first-order valence-electron chi connectivity index (χ1n) is 7.49. The van der Waals surface area contributed by atoms with Crippen molar-refractivity contribution >= 4 is 5.97 Å². The Hall–Kier alpha value is -0.570. The fourth-order valence-corrected chi connectivity index (χ4v) is 2.58. The number of hydrogen-bond acceptors (Lipinski definition) is 3. The van der Waals surface area contributed by atoms with Crippen molar-refractivity contribution in [2.45, 2.75) is 77.9 Å². The van der Waals surface area contributed by atoms with E-state index in [4.69, 9.17) is 9.47 Å². The maximum atomic E-state index is 11.6. The molecule has 18 heavy (non-hydrogen) atoms. The van der Waals surface area contributed by atoms with Gasteiger partial charge in [0.1, 0.15) is 0 Å². The molecule has 1 fully saturated rings. The largest absolute Gasteiger partial charge is 0.466 e. The molecule has 0 amide bonds. The molecule has 0 heterocycles. The third-order valence-electron chi connectivity index (χ3n) is 3.68. The van der Waals surface area contributed by atoms with Crippen LogP contribution >= 0.6 is 0 Å². The molecule has 3 nitrogen and oxygen atoms in total. The molecule has 3 heteroatoms. The van der Waals surface area contributed by atoms with Crippen LogP contribution in [0.25, 0.3) is 0 Å². The molecule has 1 unspecified atom stereocenters. The molecule has 1 atom stereocenters. The molecule has 0 radical (unpaired) electrons. The van der Waals surface area contributed by atoms with Crippen LogP contribution in [0.15, 0.2) is 0 Å². The zero-order valence-corrected chi connectivity index (χ0v) is 12.1. The van der Waals surface area contributed by atoms with Gasteiger partial charge < -0.3 is 9.47 Å². The summed E-state index contributed by atoms with van der Waals surface area (Å²) in [6.07, 6.45) is 8.15. The number of carbonyl (C=O) groups is 1. The lowest BCUT2D eigenvalue weighted by Crippen LogP contribution is -2.29. The molecule has 0 aliphatic heterocycles. The van der Waals surface area contributed by atoms with Gasteiger partial charge in [0.25, 0.3) is 0 Å². The summed E-state index contributed by atoms with van der Waals surface area (Å²) in [6.45, 7) is 6.72. The summed E-state index contributed by atoms with van der Waals surface area (Å²) in [4.78, 5) is 11.6. The van der Waals surface area contributed by atoms with E-state index in [1.807, 2.05) is 6.92 Å². The Morgan fingerprint density at radius 1 is 1.22 bits per heavy atom. The van der Waals surface area contributed by atoms with Crippen LogP contribution in [0.4, 0.5) is 0 Å². The Balaban J connectivity index is 2.20. The van der Waals surface area contributed by atoms with Crippen LogP contribution in [-0.2, 0) is 14.3 Å². The van der Waals surface area contributed by atoms with Gasteiger partial charge in [-0.3, -0.25) is 4.79 Å². The normalized spacial score (nSPS) is 25.7. The summed E-state index contributed by atoms with van der Waals surface area (Å²) >= 11 is 0. The molecule has 0 bridgehead atoms. The molecular formula is C15H28O3. The Morgan fingerprint density at radius 2 is 1.89 bits per heavy atom.